The molecule has 2 aromatic rings. The van der Waals surface area contributed by atoms with Gasteiger partial charge in [0, 0.05) is 18.4 Å². The van der Waals surface area contributed by atoms with Crippen molar-refractivity contribution in [2.45, 2.75) is 40.0 Å². The van der Waals surface area contributed by atoms with E-state index in [1.807, 2.05) is 0 Å². The van der Waals surface area contributed by atoms with Crippen LogP contribution in [0.5, 0.6) is 0 Å². The van der Waals surface area contributed by atoms with Crippen molar-refractivity contribution in [3.63, 3.8) is 0 Å². The van der Waals surface area contributed by atoms with Crippen molar-refractivity contribution >= 4 is 38.4 Å². The normalized spacial score (nSPS) is 18.7. The van der Waals surface area contributed by atoms with Crippen LogP contribution < -0.4 is 15.3 Å². The first-order chi connectivity index (χ1) is 10.6. The molecule has 1 heterocycles. The number of aryl methyl sites for hydroxylation is 2. The zero-order valence-electron chi connectivity index (χ0n) is 15.3. The number of fused-ring (bicyclic) bond motifs is 2. The van der Waals surface area contributed by atoms with Gasteiger partial charge in [-0.05, 0) is 62.5 Å². The Bertz CT molecular complexity index is 704. The molecule has 1 aliphatic rings. The lowest BCUT2D eigenvalue weighted by Gasteiger charge is -2.42. The van der Waals surface area contributed by atoms with Gasteiger partial charge in [0.05, 0.1) is 0 Å². The van der Waals surface area contributed by atoms with Crippen molar-refractivity contribution in [2.24, 2.45) is 0 Å². The van der Waals surface area contributed by atoms with Gasteiger partial charge in [-0.3, -0.25) is 0 Å². The van der Waals surface area contributed by atoms with Gasteiger partial charge in [-0.1, -0.05) is 35.4 Å². The molecule has 0 radical (unpaired) electrons. The predicted molar refractivity (Wildman–Crippen MR) is 106 cm³/mol. The summed E-state index contributed by atoms with van der Waals surface area (Å²) in [6.07, 6.45) is 0. The van der Waals surface area contributed by atoms with Gasteiger partial charge in [0.25, 0.3) is 0 Å². The van der Waals surface area contributed by atoms with Gasteiger partial charge in [-0.15, -0.1) is 0 Å². The van der Waals surface area contributed by atoms with Gasteiger partial charge in [0.2, 0.25) is 16.6 Å². The highest BCUT2D eigenvalue weighted by molar-refractivity contribution is 6.98. The first-order valence-electron chi connectivity index (χ1n) is 8.28. The molecule has 0 N–H and O–H groups in total. The molecule has 2 nitrogen and oxygen atoms in total. The van der Waals surface area contributed by atoms with E-state index in [4.69, 9.17) is 4.12 Å². The molecule has 23 heavy (non-hydrogen) atoms. The van der Waals surface area contributed by atoms with E-state index in [1.165, 1.54) is 32.9 Å². The number of nitrogens with zero attached hydrogens (tertiary/aromatic N) is 1. The summed E-state index contributed by atoms with van der Waals surface area (Å²) >= 11 is 0. The second kappa shape index (κ2) is 5.33. The fourth-order valence-corrected chi connectivity index (χ4v) is 12.6. The Morgan fingerprint density at radius 2 is 1.13 bits per heavy atom. The number of hydrogen-bond acceptors (Lipinski definition) is 2. The van der Waals surface area contributed by atoms with Crippen LogP contribution in [-0.2, 0) is 4.12 Å². The lowest BCUT2D eigenvalue weighted by Crippen LogP contribution is -2.60. The number of hydrogen-bond donors (Lipinski definition) is 0. The SMILES string of the molecule is Cc1ccc2c(c1)[Si](C)(C)O[Si](C)(C)c1cc(C)ccc1N2C. The van der Waals surface area contributed by atoms with Crippen molar-refractivity contribution in [3.8, 4) is 0 Å². The van der Waals surface area contributed by atoms with E-state index in [1.54, 1.807) is 0 Å². The van der Waals surface area contributed by atoms with Gasteiger partial charge in [-0.2, -0.15) is 0 Å². The summed E-state index contributed by atoms with van der Waals surface area (Å²) in [6.45, 7) is 13.7. The summed E-state index contributed by atoms with van der Waals surface area (Å²) in [5.74, 6) is 0. The maximum atomic E-state index is 6.93. The van der Waals surface area contributed by atoms with Crippen molar-refractivity contribution in [1.29, 1.82) is 0 Å². The van der Waals surface area contributed by atoms with Crippen molar-refractivity contribution < 1.29 is 4.12 Å². The Morgan fingerprint density at radius 1 is 0.739 bits per heavy atom. The summed E-state index contributed by atoms with van der Waals surface area (Å²) in [7, 11) is -1.74. The molecule has 1 aliphatic heterocycles. The van der Waals surface area contributed by atoms with Crippen LogP contribution in [-0.4, -0.2) is 23.7 Å². The summed E-state index contributed by atoms with van der Waals surface area (Å²) in [5.41, 5.74) is 5.21. The minimum atomic E-state index is -1.97. The minimum absolute atomic E-state index is 1.29. The molecule has 0 unspecified atom stereocenters. The highest BCUT2D eigenvalue weighted by Gasteiger charge is 2.41. The zero-order chi connectivity index (χ0) is 17.0. The second-order valence-corrected chi connectivity index (χ2v) is 15.7. The maximum absolute atomic E-state index is 6.93. The smallest absolute Gasteiger partial charge is 0.208 e. The molecule has 0 saturated heterocycles. The number of rotatable bonds is 0. The molecule has 0 saturated carbocycles. The van der Waals surface area contributed by atoms with E-state index < -0.39 is 16.6 Å². The number of benzene rings is 2. The van der Waals surface area contributed by atoms with Crippen molar-refractivity contribution in [1.82, 2.24) is 0 Å². The molecular weight excluding hydrogens is 314 g/mol. The molecule has 0 aromatic heterocycles. The highest BCUT2D eigenvalue weighted by atomic mass is 28.4. The second-order valence-electron chi connectivity index (χ2n) is 7.72. The minimum Gasteiger partial charge on any atom is -0.449 e. The van der Waals surface area contributed by atoms with Gasteiger partial charge < -0.3 is 9.02 Å². The Kier molecular flexibility index (Phi) is 3.82. The van der Waals surface area contributed by atoms with E-state index in [0.29, 0.717) is 0 Å². The zero-order valence-corrected chi connectivity index (χ0v) is 17.3. The van der Waals surface area contributed by atoms with Crippen LogP contribution in [0.2, 0.25) is 26.2 Å². The van der Waals surface area contributed by atoms with Crippen LogP contribution in [0.4, 0.5) is 11.4 Å². The third-order valence-electron chi connectivity index (χ3n) is 4.83. The third kappa shape index (κ3) is 2.79. The molecule has 0 fully saturated rings. The average Bonchev–Trinajstić information content (AvgIpc) is 2.44. The van der Waals surface area contributed by atoms with Crippen molar-refractivity contribution in [3.05, 3.63) is 47.5 Å². The summed E-state index contributed by atoms with van der Waals surface area (Å²) < 4.78 is 6.93. The third-order valence-corrected chi connectivity index (χ3v) is 12.3. The van der Waals surface area contributed by atoms with E-state index in [0.717, 1.165) is 0 Å². The maximum Gasteiger partial charge on any atom is 0.208 e. The van der Waals surface area contributed by atoms with Crippen LogP contribution in [0.25, 0.3) is 0 Å². The van der Waals surface area contributed by atoms with Gasteiger partial charge in [0.1, 0.15) is 0 Å². The highest BCUT2D eigenvalue weighted by Crippen LogP contribution is 2.31. The molecule has 3 rings (SSSR count). The average molecular weight is 342 g/mol. The van der Waals surface area contributed by atoms with E-state index >= 15 is 0 Å². The Labute approximate surface area is 142 Å². The monoisotopic (exact) mass is 341 g/mol. The Hall–Kier alpha value is -1.37. The standard InChI is InChI=1S/C19H27NOSi2/c1-14-8-10-16-18(12-14)22(4,5)21-23(6,7)19-13-15(2)9-11-17(19)20(16)3/h8-13H,1-7H3. The summed E-state index contributed by atoms with van der Waals surface area (Å²) in [6, 6.07) is 13.6. The lowest BCUT2D eigenvalue weighted by molar-refractivity contribution is 0.572. The topological polar surface area (TPSA) is 12.5 Å². The van der Waals surface area contributed by atoms with Gasteiger partial charge >= 0.3 is 0 Å². The fraction of sp³-hybridized carbons (Fsp3) is 0.368. The summed E-state index contributed by atoms with van der Waals surface area (Å²) in [4.78, 5) is 2.37. The molecule has 122 valence electrons. The van der Waals surface area contributed by atoms with Crippen LogP contribution in [0.15, 0.2) is 36.4 Å². The van der Waals surface area contributed by atoms with E-state index in [-0.39, 0.29) is 0 Å². The van der Waals surface area contributed by atoms with Gasteiger partial charge in [-0.25, -0.2) is 0 Å². The Morgan fingerprint density at radius 3 is 1.52 bits per heavy atom. The molecule has 0 spiro atoms. The molecule has 0 atom stereocenters. The molecule has 4 heteroatoms. The molecular formula is C19H27NOSi2. The molecule has 0 bridgehead atoms. The number of anilines is 2. The Balaban J connectivity index is 2.33. The molecule has 0 amide bonds. The van der Waals surface area contributed by atoms with Gasteiger partial charge in [0.15, 0.2) is 0 Å². The van der Waals surface area contributed by atoms with Crippen LogP contribution in [0.3, 0.4) is 0 Å². The first-order valence-corrected chi connectivity index (χ1v) is 14.1. The fourth-order valence-electron chi connectivity index (χ4n) is 3.73. The summed E-state index contributed by atoms with van der Waals surface area (Å²) in [5, 5.41) is 2.82. The largest absolute Gasteiger partial charge is 0.449 e. The predicted octanol–water partition coefficient (Wildman–Crippen LogP) is 3.93. The van der Waals surface area contributed by atoms with Crippen molar-refractivity contribution in [2.75, 3.05) is 11.9 Å². The van der Waals surface area contributed by atoms with Crippen LogP contribution >= 0.6 is 0 Å². The van der Waals surface area contributed by atoms with Crippen LogP contribution in [0.1, 0.15) is 11.1 Å². The molecule has 2 aromatic carbocycles. The van der Waals surface area contributed by atoms with E-state index in [2.05, 4.69) is 88.4 Å². The van der Waals surface area contributed by atoms with E-state index in [9.17, 15) is 0 Å². The quantitative estimate of drug-likeness (QED) is 0.673. The first kappa shape index (κ1) is 16.5. The molecule has 0 aliphatic carbocycles. The van der Waals surface area contributed by atoms with Crippen LogP contribution in [0, 0.1) is 13.8 Å². The lowest BCUT2D eigenvalue weighted by atomic mass is 10.1.